The molecule has 1 saturated carbocycles. The Morgan fingerprint density at radius 2 is 1.84 bits per heavy atom. The topological polar surface area (TPSA) is 26.3 Å². The normalized spacial score (nSPS) is 30.0. The smallest absolute Gasteiger partial charge is 0.140 e. The summed E-state index contributed by atoms with van der Waals surface area (Å²) in [6, 6.07) is 2.30. The van der Waals surface area contributed by atoms with Crippen molar-refractivity contribution >= 4 is 5.78 Å². The molecule has 0 spiro atoms. The van der Waals surface area contributed by atoms with Gasteiger partial charge in [-0.25, -0.2) is 8.78 Å². The van der Waals surface area contributed by atoms with Crippen molar-refractivity contribution in [2.24, 2.45) is 0 Å². The van der Waals surface area contributed by atoms with Gasteiger partial charge in [0.25, 0.3) is 0 Å². The van der Waals surface area contributed by atoms with Gasteiger partial charge in [0.1, 0.15) is 17.4 Å². The molecule has 0 aromatic heterocycles. The Labute approximate surface area is 111 Å². The molecule has 0 bridgehead atoms. The van der Waals surface area contributed by atoms with Crippen LogP contribution in [-0.4, -0.2) is 18.5 Å². The average molecular weight is 268 g/mol. The van der Waals surface area contributed by atoms with Gasteiger partial charge in [0.05, 0.1) is 11.0 Å². The summed E-state index contributed by atoms with van der Waals surface area (Å²) in [7, 11) is 1.57. The Kier molecular flexibility index (Phi) is 3.25. The molecule has 1 aromatic rings. The number of carbonyl (C=O) groups excluding carboxylic acids is 1. The Hall–Kier alpha value is -1.29. The first-order valence-corrected chi connectivity index (χ1v) is 6.26. The third-order valence-electron chi connectivity index (χ3n) is 4.28. The van der Waals surface area contributed by atoms with Crippen LogP contribution in [-0.2, 0) is 14.9 Å². The Morgan fingerprint density at radius 3 is 2.32 bits per heavy atom. The summed E-state index contributed by atoms with van der Waals surface area (Å²) in [5, 5.41) is 0. The molecule has 2 nitrogen and oxygen atoms in total. The predicted octanol–water partition coefficient (Wildman–Crippen LogP) is 3.30. The molecule has 0 saturated heterocycles. The minimum Gasteiger partial charge on any atom is -0.378 e. The van der Waals surface area contributed by atoms with Gasteiger partial charge < -0.3 is 4.74 Å². The molecule has 4 heteroatoms. The van der Waals surface area contributed by atoms with Crippen molar-refractivity contribution in [3.05, 3.63) is 34.9 Å². The molecule has 1 aliphatic rings. The first-order valence-electron chi connectivity index (χ1n) is 6.26. The van der Waals surface area contributed by atoms with E-state index in [4.69, 9.17) is 4.74 Å². The lowest BCUT2D eigenvalue weighted by atomic mass is 9.54. The molecule has 0 N–H and O–H groups in total. The number of aryl methyl sites for hydroxylation is 1. The van der Waals surface area contributed by atoms with E-state index in [2.05, 4.69) is 0 Å². The highest BCUT2D eigenvalue weighted by atomic mass is 19.1. The van der Waals surface area contributed by atoms with Gasteiger partial charge in [-0.05, 0) is 51.3 Å². The Morgan fingerprint density at radius 1 is 1.26 bits per heavy atom. The summed E-state index contributed by atoms with van der Waals surface area (Å²) in [6.45, 7) is 4.80. The second kappa shape index (κ2) is 4.37. The number of hydrogen-bond acceptors (Lipinski definition) is 2. The summed E-state index contributed by atoms with van der Waals surface area (Å²) < 4.78 is 33.1. The second-order valence-electron chi connectivity index (χ2n) is 5.73. The molecular formula is C15H18F2O2. The van der Waals surface area contributed by atoms with Gasteiger partial charge in [-0.3, -0.25) is 4.79 Å². The summed E-state index contributed by atoms with van der Waals surface area (Å²) in [4.78, 5) is 12.0. The van der Waals surface area contributed by atoms with Gasteiger partial charge >= 0.3 is 0 Å². The van der Waals surface area contributed by atoms with Crippen molar-refractivity contribution in [3.8, 4) is 0 Å². The van der Waals surface area contributed by atoms with Gasteiger partial charge in [0.2, 0.25) is 0 Å². The van der Waals surface area contributed by atoms with E-state index in [9.17, 15) is 13.6 Å². The van der Waals surface area contributed by atoms with Crippen molar-refractivity contribution in [2.75, 3.05) is 7.11 Å². The first-order chi connectivity index (χ1) is 8.74. The predicted molar refractivity (Wildman–Crippen MR) is 68.1 cm³/mol. The van der Waals surface area contributed by atoms with Crippen LogP contribution < -0.4 is 0 Å². The maximum Gasteiger partial charge on any atom is 0.140 e. The maximum atomic E-state index is 14.1. The van der Waals surface area contributed by atoms with E-state index >= 15 is 0 Å². The molecule has 0 unspecified atom stereocenters. The van der Waals surface area contributed by atoms with Crippen LogP contribution in [0.15, 0.2) is 12.1 Å². The van der Waals surface area contributed by atoms with Crippen LogP contribution in [0.5, 0.6) is 0 Å². The SMILES string of the molecule is COC1(C)CC(C(C)=O)(c2cc(F)c(C)cc2F)C1. The summed E-state index contributed by atoms with van der Waals surface area (Å²) >= 11 is 0. The van der Waals surface area contributed by atoms with Crippen LogP contribution in [0.3, 0.4) is 0 Å². The van der Waals surface area contributed by atoms with Gasteiger partial charge in [-0.2, -0.15) is 0 Å². The van der Waals surface area contributed by atoms with Crippen molar-refractivity contribution in [3.63, 3.8) is 0 Å². The Balaban J connectivity index is 2.49. The molecule has 2 rings (SSSR count). The highest BCUT2D eigenvalue weighted by Crippen LogP contribution is 2.53. The number of benzene rings is 1. The molecule has 0 atom stereocenters. The quantitative estimate of drug-likeness (QED) is 0.840. The van der Waals surface area contributed by atoms with Gasteiger partial charge in [-0.15, -0.1) is 0 Å². The highest BCUT2D eigenvalue weighted by molar-refractivity contribution is 5.89. The fourth-order valence-corrected chi connectivity index (χ4v) is 3.01. The van der Waals surface area contributed by atoms with Crippen LogP contribution in [0.4, 0.5) is 8.78 Å². The molecule has 0 amide bonds. The van der Waals surface area contributed by atoms with Crippen molar-refractivity contribution in [2.45, 2.75) is 44.6 Å². The number of Topliss-reactive ketones (excluding diaryl/α,β-unsaturated/α-hetero) is 1. The summed E-state index contributed by atoms with van der Waals surface area (Å²) in [5.74, 6) is -1.15. The molecule has 0 heterocycles. The number of ether oxygens (including phenoxy) is 1. The number of methoxy groups -OCH3 is 1. The van der Waals surface area contributed by atoms with E-state index in [0.717, 1.165) is 12.1 Å². The zero-order valence-electron chi connectivity index (χ0n) is 11.6. The minimum absolute atomic E-state index is 0.149. The van der Waals surface area contributed by atoms with Crippen LogP contribution in [0, 0.1) is 18.6 Å². The highest BCUT2D eigenvalue weighted by Gasteiger charge is 2.57. The van der Waals surface area contributed by atoms with Gasteiger partial charge in [0, 0.05) is 12.7 Å². The van der Waals surface area contributed by atoms with E-state index in [1.54, 1.807) is 7.11 Å². The molecule has 1 aromatic carbocycles. The van der Waals surface area contributed by atoms with Crippen molar-refractivity contribution < 1.29 is 18.3 Å². The van der Waals surface area contributed by atoms with Crippen LogP contribution in [0.1, 0.15) is 37.8 Å². The lowest BCUT2D eigenvalue weighted by molar-refractivity contribution is -0.146. The van der Waals surface area contributed by atoms with Crippen molar-refractivity contribution in [1.29, 1.82) is 0 Å². The summed E-state index contributed by atoms with van der Waals surface area (Å²) in [5.41, 5.74) is -1.01. The molecule has 0 radical (unpaired) electrons. The maximum absolute atomic E-state index is 14.1. The lowest BCUT2D eigenvalue weighted by Crippen LogP contribution is -2.57. The van der Waals surface area contributed by atoms with E-state index in [0.29, 0.717) is 12.8 Å². The second-order valence-corrected chi connectivity index (χ2v) is 5.73. The lowest BCUT2D eigenvalue weighted by Gasteiger charge is -2.52. The van der Waals surface area contributed by atoms with Crippen molar-refractivity contribution in [1.82, 2.24) is 0 Å². The van der Waals surface area contributed by atoms with Crippen LogP contribution in [0.25, 0.3) is 0 Å². The fourth-order valence-electron chi connectivity index (χ4n) is 3.01. The third kappa shape index (κ3) is 2.08. The third-order valence-corrected chi connectivity index (χ3v) is 4.28. The molecule has 1 fully saturated rings. The number of carbonyl (C=O) groups is 1. The number of hydrogen-bond donors (Lipinski definition) is 0. The number of halogens is 2. The number of rotatable bonds is 3. The zero-order valence-corrected chi connectivity index (χ0v) is 11.6. The van der Waals surface area contributed by atoms with E-state index in [1.807, 2.05) is 6.92 Å². The van der Waals surface area contributed by atoms with Gasteiger partial charge in [-0.1, -0.05) is 0 Å². The molecule has 0 aliphatic heterocycles. The average Bonchev–Trinajstić information content (AvgIpc) is 2.29. The molecule has 1 aliphatic carbocycles. The largest absolute Gasteiger partial charge is 0.378 e. The van der Waals surface area contributed by atoms with E-state index < -0.39 is 22.7 Å². The van der Waals surface area contributed by atoms with Gasteiger partial charge in [0.15, 0.2) is 0 Å². The summed E-state index contributed by atoms with van der Waals surface area (Å²) in [6.07, 6.45) is 0.760. The number of ketones is 1. The van der Waals surface area contributed by atoms with Crippen LogP contribution >= 0.6 is 0 Å². The van der Waals surface area contributed by atoms with E-state index in [1.165, 1.54) is 13.8 Å². The minimum atomic E-state index is -0.955. The molecule has 19 heavy (non-hydrogen) atoms. The Bertz CT molecular complexity index is 531. The standard InChI is InChI=1S/C15H18F2O2/c1-9-5-13(17)11(6-12(9)16)15(10(2)18)7-14(3,8-15)19-4/h5-6H,7-8H2,1-4H3. The van der Waals surface area contributed by atoms with E-state index in [-0.39, 0.29) is 16.9 Å². The molecular weight excluding hydrogens is 250 g/mol. The zero-order chi connectivity index (χ0) is 14.4. The first kappa shape index (κ1) is 14.1. The fraction of sp³-hybridized carbons (Fsp3) is 0.533. The van der Waals surface area contributed by atoms with Crippen LogP contribution in [0.2, 0.25) is 0 Å². The molecule has 104 valence electrons. The monoisotopic (exact) mass is 268 g/mol.